The fraction of sp³-hybridized carbons (Fsp3) is 0.100. The van der Waals surface area contributed by atoms with Crippen LogP contribution in [0.25, 0.3) is 11.3 Å². The summed E-state index contributed by atoms with van der Waals surface area (Å²) < 4.78 is 1.70. The first-order valence-corrected chi connectivity index (χ1v) is 4.58. The molecular weight excluding hydrogens is 219 g/mol. The van der Waals surface area contributed by atoms with Crippen LogP contribution in [0, 0.1) is 0 Å². The predicted octanol–water partition coefficient (Wildman–Crippen LogP) is 3.17. The minimum atomic E-state index is 0. The van der Waals surface area contributed by atoms with Gasteiger partial charge in [0.25, 0.3) is 0 Å². The van der Waals surface area contributed by atoms with E-state index in [0.717, 1.165) is 11.3 Å². The Morgan fingerprint density at radius 2 is 1.86 bits per heavy atom. The van der Waals surface area contributed by atoms with E-state index in [9.17, 15) is 0 Å². The van der Waals surface area contributed by atoms with E-state index in [0.29, 0.717) is 6.00 Å². The van der Waals surface area contributed by atoms with Crippen LogP contribution in [-0.2, 0) is 6.00 Å². The van der Waals surface area contributed by atoms with Gasteiger partial charge in [0.1, 0.15) is 6.00 Å². The number of hydrogen-bond acceptors (Lipinski definition) is 1. The van der Waals surface area contributed by atoms with E-state index < -0.39 is 0 Å². The highest BCUT2D eigenvalue weighted by molar-refractivity contribution is 6.15. The second-order valence-corrected chi connectivity index (χ2v) is 2.97. The highest BCUT2D eigenvalue weighted by Gasteiger charge is 1.99. The van der Waals surface area contributed by atoms with Gasteiger partial charge < -0.3 is 0 Å². The number of alkyl halides is 1. The van der Waals surface area contributed by atoms with Crippen LogP contribution in [0.2, 0.25) is 0 Å². The van der Waals surface area contributed by atoms with Crippen LogP contribution in [0.1, 0.15) is 0 Å². The second kappa shape index (κ2) is 5.03. The van der Waals surface area contributed by atoms with Crippen LogP contribution in [0.5, 0.6) is 0 Å². The van der Waals surface area contributed by atoms with Gasteiger partial charge in [-0.1, -0.05) is 30.3 Å². The van der Waals surface area contributed by atoms with Crippen molar-refractivity contribution in [2.75, 3.05) is 0 Å². The molecule has 2 nitrogen and oxygen atoms in total. The Morgan fingerprint density at radius 3 is 2.43 bits per heavy atom. The van der Waals surface area contributed by atoms with E-state index in [-0.39, 0.29) is 12.4 Å². The van der Waals surface area contributed by atoms with E-state index >= 15 is 0 Å². The Labute approximate surface area is 93.9 Å². The number of hydrogen-bond donors (Lipinski definition) is 0. The summed E-state index contributed by atoms with van der Waals surface area (Å²) >= 11 is 5.63. The highest BCUT2D eigenvalue weighted by atomic mass is 35.5. The van der Waals surface area contributed by atoms with E-state index in [1.54, 1.807) is 4.68 Å². The maximum atomic E-state index is 5.63. The van der Waals surface area contributed by atoms with Crippen LogP contribution >= 0.6 is 24.0 Å². The zero-order valence-electron chi connectivity index (χ0n) is 7.43. The average Bonchev–Trinajstić information content (AvgIpc) is 2.67. The van der Waals surface area contributed by atoms with Crippen molar-refractivity contribution in [2.24, 2.45) is 0 Å². The van der Waals surface area contributed by atoms with Crippen LogP contribution in [0.4, 0.5) is 0 Å². The van der Waals surface area contributed by atoms with Crippen molar-refractivity contribution in [3.05, 3.63) is 42.6 Å². The molecule has 1 heterocycles. The lowest BCUT2D eigenvalue weighted by Crippen LogP contribution is -1.91. The van der Waals surface area contributed by atoms with Gasteiger partial charge in [-0.2, -0.15) is 5.10 Å². The Morgan fingerprint density at radius 1 is 1.14 bits per heavy atom. The zero-order valence-corrected chi connectivity index (χ0v) is 9.00. The SMILES string of the molecule is Cl.ClCn1ccc(-c2ccccc2)n1. The Bertz CT molecular complexity index is 384. The molecule has 14 heavy (non-hydrogen) atoms. The van der Waals surface area contributed by atoms with Crippen molar-refractivity contribution in [1.29, 1.82) is 0 Å². The number of nitrogens with zero attached hydrogens (tertiary/aromatic N) is 2. The molecular formula is C10H10Cl2N2. The van der Waals surface area contributed by atoms with Gasteiger partial charge in [0.15, 0.2) is 0 Å². The highest BCUT2D eigenvalue weighted by Crippen LogP contribution is 2.15. The first-order valence-electron chi connectivity index (χ1n) is 4.05. The molecule has 1 aromatic carbocycles. The maximum Gasteiger partial charge on any atom is 0.115 e. The van der Waals surface area contributed by atoms with Gasteiger partial charge in [-0.15, -0.1) is 24.0 Å². The molecule has 1 aromatic heterocycles. The van der Waals surface area contributed by atoms with Gasteiger partial charge in [-0.25, -0.2) is 0 Å². The van der Waals surface area contributed by atoms with Crippen molar-refractivity contribution in [2.45, 2.75) is 6.00 Å². The molecule has 2 rings (SSSR count). The first kappa shape index (κ1) is 11.1. The molecule has 4 heteroatoms. The molecule has 0 spiro atoms. The molecule has 0 saturated heterocycles. The van der Waals surface area contributed by atoms with Crippen molar-refractivity contribution in [3.8, 4) is 11.3 Å². The third kappa shape index (κ3) is 2.28. The van der Waals surface area contributed by atoms with E-state index in [4.69, 9.17) is 11.6 Å². The number of benzene rings is 1. The molecule has 0 bridgehead atoms. The molecule has 74 valence electrons. The maximum absolute atomic E-state index is 5.63. The molecule has 0 aliphatic rings. The summed E-state index contributed by atoms with van der Waals surface area (Å²) in [6, 6.07) is 12.4. The average molecular weight is 229 g/mol. The summed E-state index contributed by atoms with van der Waals surface area (Å²) in [6.07, 6.45) is 1.87. The molecule has 0 fully saturated rings. The fourth-order valence-corrected chi connectivity index (χ4v) is 1.32. The third-order valence-electron chi connectivity index (χ3n) is 1.83. The number of aromatic nitrogens is 2. The Kier molecular flexibility index (Phi) is 3.98. The van der Waals surface area contributed by atoms with Crippen molar-refractivity contribution < 1.29 is 0 Å². The van der Waals surface area contributed by atoms with Gasteiger partial charge in [0.2, 0.25) is 0 Å². The topological polar surface area (TPSA) is 17.8 Å². The second-order valence-electron chi connectivity index (χ2n) is 2.73. The molecule has 0 radical (unpaired) electrons. The number of halogens is 2. The molecule has 0 saturated carbocycles. The lowest BCUT2D eigenvalue weighted by atomic mass is 10.2. The summed E-state index contributed by atoms with van der Waals surface area (Å²) in [5.41, 5.74) is 2.08. The molecule has 0 atom stereocenters. The quantitative estimate of drug-likeness (QED) is 0.723. The van der Waals surface area contributed by atoms with E-state index in [2.05, 4.69) is 5.10 Å². The van der Waals surface area contributed by atoms with Gasteiger partial charge in [-0.3, -0.25) is 4.68 Å². The van der Waals surface area contributed by atoms with E-state index in [1.807, 2.05) is 42.6 Å². The normalized spacial score (nSPS) is 9.50. The number of rotatable bonds is 2. The van der Waals surface area contributed by atoms with Crippen LogP contribution < -0.4 is 0 Å². The van der Waals surface area contributed by atoms with Crippen molar-refractivity contribution >= 4 is 24.0 Å². The minimum Gasteiger partial charge on any atom is -0.257 e. The molecule has 0 N–H and O–H groups in total. The summed E-state index contributed by atoms with van der Waals surface area (Å²) in [5.74, 6) is 0. The van der Waals surface area contributed by atoms with Crippen LogP contribution in [-0.4, -0.2) is 9.78 Å². The summed E-state index contributed by atoms with van der Waals surface area (Å²) in [7, 11) is 0. The predicted molar refractivity (Wildman–Crippen MR) is 60.8 cm³/mol. The first-order chi connectivity index (χ1) is 6.40. The van der Waals surface area contributed by atoms with Crippen molar-refractivity contribution in [1.82, 2.24) is 9.78 Å². The van der Waals surface area contributed by atoms with Gasteiger partial charge in [0.05, 0.1) is 5.69 Å². The van der Waals surface area contributed by atoms with Gasteiger partial charge >= 0.3 is 0 Å². The van der Waals surface area contributed by atoms with Gasteiger partial charge in [0, 0.05) is 11.8 Å². The standard InChI is InChI=1S/C10H9ClN2.ClH/c11-8-13-7-6-10(12-13)9-4-2-1-3-5-9;/h1-7H,8H2;1H. The molecule has 0 aliphatic heterocycles. The third-order valence-corrected chi connectivity index (χ3v) is 2.08. The minimum absolute atomic E-state index is 0. The zero-order chi connectivity index (χ0) is 9.10. The Balaban J connectivity index is 0.000000980. The summed E-state index contributed by atoms with van der Waals surface area (Å²) in [5, 5.41) is 4.28. The van der Waals surface area contributed by atoms with Crippen molar-refractivity contribution in [3.63, 3.8) is 0 Å². The largest absolute Gasteiger partial charge is 0.257 e. The lowest BCUT2D eigenvalue weighted by molar-refractivity contribution is 0.747. The van der Waals surface area contributed by atoms with Crippen LogP contribution in [0.3, 0.4) is 0 Å². The fourth-order valence-electron chi connectivity index (χ4n) is 1.19. The summed E-state index contributed by atoms with van der Waals surface area (Å²) in [6.45, 7) is 0. The monoisotopic (exact) mass is 228 g/mol. The molecule has 0 amide bonds. The van der Waals surface area contributed by atoms with E-state index in [1.165, 1.54) is 0 Å². The Hall–Kier alpha value is -0.990. The van der Waals surface area contributed by atoms with Gasteiger partial charge in [-0.05, 0) is 6.07 Å². The lowest BCUT2D eigenvalue weighted by Gasteiger charge is -1.94. The molecule has 2 aromatic rings. The molecule has 0 unspecified atom stereocenters. The van der Waals surface area contributed by atoms with Crippen LogP contribution in [0.15, 0.2) is 42.6 Å². The smallest absolute Gasteiger partial charge is 0.115 e. The molecule has 0 aliphatic carbocycles. The summed E-state index contributed by atoms with van der Waals surface area (Å²) in [4.78, 5) is 0.